The van der Waals surface area contributed by atoms with E-state index in [4.69, 9.17) is 0 Å². The molecule has 1 heterocycles. The Labute approximate surface area is 109 Å². The number of H-pyrrole nitrogens is 1. The maximum Gasteiger partial charge on any atom is 0.450 e. The van der Waals surface area contributed by atoms with Crippen LogP contribution < -0.4 is 4.57 Å². The summed E-state index contributed by atoms with van der Waals surface area (Å²) in [5.41, 5.74) is 0. The molecule has 0 saturated carbocycles. The molecule has 76 valence electrons. The van der Waals surface area contributed by atoms with Gasteiger partial charge in [-0.25, -0.2) is 9.55 Å². The van der Waals surface area contributed by atoms with Crippen molar-refractivity contribution >= 4 is 62.0 Å². The molecule has 0 radical (unpaired) electrons. The molecule has 0 atom stereocenters. The number of rotatable bonds is 1. The van der Waals surface area contributed by atoms with Crippen LogP contribution in [0.25, 0.3) is 0 Å². The molecule has 1 aromatic heterocycles. The van der Waals surface area contributed by atoms with Crippen LogP contribution in [0.15, 0.2) is 12.4 Å². The lowest BCUT2D eigenvalue weighted by atomic mass is 10.5. The van der Waals surface area contributed by atoms with Crippen LogP contribution in [0.4, 0.5) is 0 Å². The molecular weight excluding hydrogens is 447 g/mol. The Morgan fingerprint density at radius 1 is 1.38 bits per heavy atom. The van der Waals surface area contributed by atoms with E-state index in [0.717, 1.165) is 6.42 Å². The number of aromatic nitrogens is 2. The van der Waals surface area contributed by atoms with E-state index in [-0.39, 0.29) is 0 Å². The van der Waals surface area contributed by atoms with Gasteiger partial charge in [-0.3, -0.25) is 0 Å². The maximum absolute atomic E-state index is 3.29. The van der Waals surface area contributed by atoms with Gasteiger partial charge < -0.3 is 56.2 Å². The zero-order valence-electron chi connectivity index (χ0n) is 7.40. The first-order valence-electron chi connectivity index (χ1n) is 3.73. The summed E-state index contributed by atoms with van der Waals surface area (Å²) in [5.74, 6) is -0.315. The van der Waals surface area contributed by atoms with Gasteiger partial charge in [0.05, 0.1) is 7.05 Å². The first-order valence-corrected chi connectivity index (χ1v) is 16.5. The second kappa shape index (κ2) is 7.02. The van der Waals surface area contributed by atoms with Crippen molar-refractivity contribution in [1.29, 1.82) is 0 Å². The Morgan fingerprint density at radius 2 is 1.85 bits per heavy atom. The van der Waals surface area contributed by atoms with E-state index in [2.05, 4.69) is 72.7 Å². The molecule has 1 rings (SSSR count). The van der Waals surface area contributed by atoms with Gasteiger partial charge in [-0.15, -0.1) is 0 Å². The fraction of sp³-hybridized carbons (Fsp3) is 0.500. The molecule has 0 aliphatic rings. The van der Waals surface area contributed by atoms with Crippen molar-refractivity contribution in [2.24, 2.45) is 7.05 Å². The molecule has 0 aromatic carbocycles. The largest absolute Gasteiger partial charge is 0.450 e. The summed E-state index contributed by atoms with van der Waals surface area (Å²) in [6.07, 6.45) is 5.03. The number of nitrogens with one attached hydrogen (secondary N) is 1. The molecule has 0 amide bonds. The summed E-state index contributed by atoms with van der Waals surface area (Å²) in [7, 11) is 2.04. The van der Waals surface area contributed by atoms with Gasteiger partial charge in [-0.2, -0.15) is 0 Å². The molecule has 0 aliphatic heterocycles. The van der Waals surface area contributed by atoms with E-state index < -0.39 is 5.77 Å². The van der Waals surface area contributed by atoms with E-state index in [9.17, 15) is 0 Å². The summed E-state index contributed by atoms with van der Waals surface area (Å²) < 4.78 is 2.08. The second-order valence-corrected chi connectivity index (χ2v) is 42.0. The van der Waals surface area contributed by atoms with Gasteiger partial charge >= 0.3 is 5.77 Å². The topological polar surface area (TPSA) is 19.7 Å². The quantitative estimate of drug-likeness (QED) is 0.493. The average molecular weight is 458 g/mol. The van der Waals surface area contributed by atoms with Crippen LogP contribution in [0.5, 0.6) is 0 Å². The van der Waals surface area contributed by atoms with Gasteiger partial charge in [0, 0.05) is 6.42 Å². The lowest BCUT2D eigenvalue weighted by molar-refractivity contribution is -0.677. The fourth-order valence-corrected chi connectivity index (χ4v) is 0.789. The van der Waals surface area contributed by atoms with Crippen molar-refractivity contribution in [3.63, 3.8) is 0 Å². The Hall–Kier alpha value is 1.66. The minimum atomic E-state index is -1.58. The van der Waals surface area contributed by atoms with Crippen LogP contribution in [0.3, 0.4) is 0 Å². The molecule has 1 N–H and O–H groups in total. The van der Waals surface area contributed by atoms with Gasteiger partial charge in [0.1, 0.15) is 12.4 Å². The van der Waals surface area contributed by atoms with Gasteiger partial charge in [-0.05, 0) is 0 Å². The normalized spacial score (nSPS) is 10.6. The van der Waals surface area contributed by atoms with Gasteiger partial charge in [0.2, 0.25) is 0 Å². The summed E-state index contributed by atoms with van der Waals surface area (Å²) in [4.78, 5) is 3.12. The van der Waals surface area contributed by atoms with Crippen molar-refractivity contribution in [2.45, 2.75) is 13.3 Å². The van der Waals surface area contributed by atoms with Crippen molar-refractivity contribution in [1.82, 2.24) is 4.98 Å². The molecule has 0 bridgehead atoms. The number of halogens is 4. The van der Waals surface area contributed by atoms with E-state index in [1.54, 1.807) is 0 Å². The molecule has 0 unspecified atom stereocenters. The van der Waals surface area contributed by atoms with E-state index in [0.29, 0.717) is 0 Å². The van der Waals surface area contributed by atoms with Crippen LogP contribution in [-0.2, 0) is 13.5 Å². The Morgan fingerprint density at radius 3 is 2.00 bits per heavy atom. The first-order chi connectivity index (χ1) is 5.84. The number of hydrogen-bond donors (Lipinski definition) is 1. The lowest BCUT2D eigenvalue weighted by Gasteiger charge is -2.00. The number of aryl methyl sites for hydroxylation is 2. The number of hydrogen-bond acceptors (Lipinski definition) is 0. The minimum Gasteiger partial charge on any atom is -0.363 e. The van der Waals surface area contributed by atoms with Gasteiger partial charge in [-0.1, -0.05) is 6.92 Å². The Bertz CT molecular complexity index is 239. The van der Waals surface area contributed by atoms with Crippen molar-refractivity contribution in [3.8, 4) is 0 Å². The van der Waals surface area contributed by atoms with Gasteiger partial charge in [0.25, 0.3) is 5.82 Å². The average Bonchev–Trinajstić information content (AvgIpc) is 2.31. The molecule has 0 spiro atoms. The fourth-order valence-electron chi connectivity index (χ4n) is 0.789. The summed E-state index contributed by atoms with van der Waals surface area (Å²) >= 11 is 13.2. The SMILES string of the molecule is CCc1[nH]cc[n+]1C.[Br][Al-]([Br])([Br])[Br]. The van der Waals surface area contributed by atoms with Crippen LogP contribution in [0.1, 0.15) is 12.7 Å². The predicted molar refractivity (Wildman–Crippen MR) is 72.8 cm³/mol. The highest BCUT2D eigenvalue weighted by molar-refractivity contribution is 9.90. The van der Waals surface area contributed by atoms with E-state index in [1.807, 2.05) is 19.4 Å². The van der Waals surface area contributed by atoms with Crippen LogP contribution >= 0.6 is 56.2 Å². The maximum atomic E-state index is 3.29. The molecule has 0 saturated heterocycles. The standard InChI is InChI=1S/C6H10N2.Al.4BrH/c1-3-6-7-4-5-8(6)2;;;;;/h4-5H,3H2,1-2H3;;4*1H/q;+3;;;;/p-3. The zero-order chi connectivity index (χ0) is 10.5. The van der Waals surface area contributed by atoms with Crippen molar-refractivity contribution in [3.05, 3.63) is 18.2 Å². The predicted octanol–water partition coefficient (Wildman–Crippen LogP) is 3.40. The molecule has 0 fully saturated rings. The highest BCUT2D eigenvalue weighted by Crippen LogP contribution is 2.33. The van der Waals surface area contributed by atoms with Crippen molar-refractivity contribution in [2.75, 3.05) is 0 Å². The zero-order valence-corrected chi connectivity index (χ0v) is 14.9. The third-order valence-electron chi connectivity index (χ3n) is 1.31. The van der Waals surface area contributed by atoms with E-state index in [1.165, 1.54) is 5.82 Å². The third-order valence-corrected chi connectivity index (χ3v) is 1.31. The Kier molecular flexibility index (Phi) is 7.92. The minimum absolute atomic E-state index is 1.07. The third kappa shape index (κ3) is 9.96. The molecule has 13 heavy (non-hydrogen) atoms. The first kappa shape index (κ1) is 14.7. The highest BCUT2D eigenvalue weighted by Gasteiger charge is 2.09. The van der Waals surface area contributed by atoms with Gasteiger partial charge in [0.15, 0.2) is 0 Å². The number of nitrogens with zero attached hydrogens (tertiary/aromatic N) is 1. The summed E-state index contributed by atoms with van der Waals surface area (Å²) in [6.45, 7) is 2.13. The molecule has 1 aromatic rings. The van der Waals surface area contributed by atoms with E-state index >= 15 is 0 Å². The number of aromatic amines is 1. The monoisotopic (exact) mass is 454 g/mol. The summed E-state index contributed by atoms with van der Waals surface area (Å²) in [6, 6.07) is 0. The summed E-state index contributed by atoms with van der Waals surface area (Å²) in [5, 5.41) is 0. The number of imidazole rings is 1. The van der Waals surface area contributed by atoms with Crippen molar-refractivity contribution < 1.29 is 4.57 Å². The molecule has 2 nitrogen and oxygen atoms in total. The lowest BCUT2D eigenvalue weighted by Crippen LogP contribution is -2.29. The highest BCUT2D eigenvalue weighted by atomic mass is 80.0. The molecule has 7 heteroatoms. The molecular formula is C6H11AlBr4N2. The van der Waals surface area contributed by atoms with Crippen LogP contribution in [0.2, 0.25) is 0 Å². The smallest absolute Gasteiger partial charge is 0.363 e. The Balaban J connectivity index is 0.000000252. The van der Waals surface area contributed by atoms with Crippen LogP contribution in [0, 0.1) is 0 Å². The second-order valence-electron chi connectivity index (χ2n) is 2.37. The van der Waals surface area contributed by atoms with Crippen LogP contribution in [-0.4, -0.2) is 10.8 Å². The molecule has 0 aliphatic carbocycles.